The summed E-state index contributed by atoms with van der Waals surface area (Å²) < 4.78 is 0. The van der Waals surface area contributed by atoms with Gasteiger partial charge in [0, 0.05) is 0 Å². The molecule has 0 spiro atoms. The van der Waals surface area contributed by atoms with E-state index in [0.717, 1.165) is 43.2 Å². The van der Waals surface area contributed by atoms with Gasteiger partial charge in [0.25, 0.3) is 0 Å². The molecule has 0 bridgehead atoms. The molecule has 2 N–H and O–H groups in total. The summed E-state index contributed by atoms with van der Waals surface area (Å²) in [6.45, 7) is 13.3. The van der Waals surface area contributed by atoms with Gasteiger partial charge in [-0.15, -0.1) is 0 Å². The number of carbonyl (C=O) groups is 2. The van der Waals surface area contributed by atoms with Crippen LogP contribution in [0.4, 0.5) is 0 Å². The first-order chi connectivity index (χ1) is 14.1. The van der Waals surface area contributed by atoms with Crippen molar-refractivity contribution in [3.8, 4) is 0 Å². The number of rotatable bonds is 14. The Morgan fingerprint density at radius 1 is 0.767 bits per heavy atom. The van der Waals surface area contributed by atoms with E-state index in [1.807, 2.05) is 6.07 Å². The number of carboxylic acid groups (broad SMARTS) is 2. The molecule has 4 heteroatoms. The van der Waals surface area contributed by atoms with Crippen molar-refractivity contribution in [1.29, 1.82) is 0 Å². The molecule has 0 amide bonds. The summed E-state index contributed by atoms with van der Waals surface area (Å²) in [5.74, 6) is -0.349. The summed E-state index contributed by atoms with van der Waals surface area (Å²) in [6.07, 6.45) is 8.19. The highest BCUT2D eigenvalue weighted by atomic mass is 16.4. The van der Waals surface area contributed by atoms with Crippen LogP contribution in [0.3, 0.4) is 0 Å². The van der Waals surface area contributed by atoms with Gasteiger partial charge in [0.05, 0.1) is 11.1 Å². The molecular formula is C26H42O4. The average Bonchev–Trinajstić information content (AvgIpc) is 2.62. The van der Waals surface area contributed by atoms with Gasteiger partial charge in [0.15, 0.2) is 0 Å². The maximum atomic E-state index is 12.1. The Hall–Kier alpha value is -1.84. The molecule has 0 aromatic heterocycles. The van der Waals surface area contributed by atoms with Crippen molar-refractivity contribution < 1.29 is 19.8 Å². The minimum Gasteiger partial charge on any atom is -0.478 e. The molecule has 30 heavy (non-hydrogen) atoms. The molecule has 170 valence electrons. The predicted molar refractivity (Wildman–Crippen MR) is 123 cm³/mol. The molecular weight excluding hydrogens is 376 g/mol. The fourth-order valence-electron chi connectivity index (χ4n) is 5.02. The highest BCUT2D eigenvalue weighted by Crippen LogP contribution is 2.29. The number of carboxylic acids is 2. The zero-order valence-corrected chi connectivity index (χ0v) is 19.8. The number of aromatic carboxylic acids is 2. The van der Waals surface area contributed by atoms with Gasteiger partial charge in [-0.25, -0.2) is 9.59 Å². The minimum atomic E-state index is -1.17. The summed E-state index contributed by atoms with van der Waals surface area (Å²) in [5.41, 5.74) is 1.63. The van der Waals surface area contributed by atoms with Crippen LogP contribution in [0.25, 0.3) is 0 Å². The van der Waals surface area contributed by atoms with Crippen LogP contribution in [0.15, 0.2) is 12.1 Å². The molecule has 1 rings (SSSR count). The van der Waals surface area contributed by atoms with E-state index in [4.69, 9.17) is 0 Å². The summed E-state index contributed by atoms with van der Waals surface area (Å²) >= 11 is 0. The molecule has 1 aromatic rings. The second-order valence-electron chi connectivity index (χ2n) is 9.61. The first kappa shape index (κ1) is 26.2. The highest BCUT2D eigenvalue weighted by molar-refractivity contribution is 6.03. The average molecular weight is 419 g/mol. The fraction of sp³-hybridized carbons (Fsp3) is 0.692. The third-order valence-electron chi connectivity index (χ3n) is 6.15. The lowest BCUT2D eigenvalue weighted by atomic mass is 9.82. The Bertz CT molecular complexity index is 695. The lowest BCUT2D eigenvalue weighted by Crippen LogP contribution is -2.18. The van der Waals surface area contributed by atoms with Gasteiger partial charge < -0.3 is 10.2 Å². The van der Waals surface area contributed by atoms with E-state index >= 15 is 0 Å². The Labute approximate surface area is 183 Å². The van der Waals surface area contributed by atoms with Crippen molar-refractivity contribution in [3.63, 3.8) is 0 Å². The molecule has 4 nitrogen and oxygen atoms in total. The van der Waals surface area contributed by atoms with Gasteiger partial charge in [-0.3, -0.25) is 0 Å². The zero-order chi connectivity index (χ0) is 22.8. The van der Waals surface area contributed by atoms with Gasteiger partial charge >= 0.3 is 11.9 Å². The van der Waals surface area contributed by atoms with Crippen LogP contribution < -0.4 is 0 Å². The second-order valence-corrected chi connectivity index (χ2v) is 9.61. The maximum absolute atomic E-state index is 12.1. The maximum Gasteiger partial charge on any atom is 0.336 e. The van der Waals surface area contributed by atoms with Crippen LogP contribution >= 0.6 is 0 Å². The van der Waals surface area contributed by atoms with Crippen molar-refractivity contribution in [2.45, 2.75) is 92.9 Å². The van der Waals surface area contributed by atoms with Gasteiger partial charge in [0.2, 0.25) is 0 Å². The lowest BCUT2D eigenvalue weighted by molar-refractivity contribution is 0.0650. The van der Waals surface area contributed by atoms with Gasteiger partial charge in [-0.2, -0.15) is 0 Å². The molecule has 4 unspecified atom stereocenters. The van der Waals surface area contributed by atoms with Crippen LogP contribution in [-0.4, -0.2) is 22.2 Å². The molecule has 0 aliphatic carbocycles. The molecule has 0 aliphatic rings. The van der Waals surface area contributed by atoms with Crippen LogP contribution in [-0.2, 0) is 12.8 Å². The van der Waals surface area contributed by atoms with E-state index in [1.54, 1.807) is 0 Å². The molecule has 0 fully saturated rings. The van der Waals surface area contributed by atoms with Crippen molar-refractivity contribution in [2.75, 3.05) is 0 Å². The van der Waals surface area contributed by atoms with Gasteiger partial charge in [-0.05, 0) is 66.5 Å². The fourth-order valence-corrected chi connectivity index (χ4v) is 5.02. The smallest absolute Gasteiger partial charge is 0.336 e. The first-order valence-electron chi connectivity index (χ1n) is 11.7. The molecule has 1 aromatic carbocycles. The van der Waals surface area contributed by atoms with Crippen LogP contribution in [0.5, 0.6) is 0 Å². The van der Waals surface area contributed by atoms with E-state index < -0.39 is 11.9 Å². The van der Waals surface area contributed by atoms with Crippen LogP contribution in [0.2, 0.25) is 0 Å². The molecule has 0 radical (unpaired) electrons. The standard InChI is InChI=1S/C26H42O4/c1-7-9-17(3)13-19(5)15-21-11-12-22(25(27)28)24(26(29)30)23(21)16-20(6)14-18(4)10-8-2/h11-12,17-20H,7-10,13-16H2,1-6H3,(H,27,28)(H,29,30). The van der Waals surface area contributed by atoms with Crippen molar-refractivity contribution >= 4 is 11.9 Å². The van der Waals surface area contributed by atoms with E-state index in [-0.39, 0.29) is 11.1 Å². The quantitative estimate of drug-likeness (QED) is 0.338. The topological polar surface area (TPSA) is 74.6 Å². The Balaban J connectivity index is 3.24. The van der Waals surface area contributed by atoms with Gasteiger partial charge in [0.1, 0.15) is 0 Å². The number of hydrogen-bond donors (Lipinski definition) is 2. The van der Waals surface area contributed by atoms with E-state index in [0.29, 0.717) is 30.1 Å². The molecule has 4 atom stereocenters. The molecule has 0 aliphatic heterocycles. The summed E-state index contributed by atoms with van der Waals surface area (Å²) in [7, 11) is 0. The predicted octanol–water partition coefficient (Wildman–Crippen LogP) is 7.09. The largest absolute Gasteiger partial charge is 0.478 e. The van der Waals surface area contributed by atoms with E-state index in [2.05, 4.69) is 41.5 Å². The SMILES string of the molecule is CCCC(C)CC(C)Cc1ccc(C(=O)O)c(C(=O)O)c1CC(C)CC(C)CCC. The Kier molecular flexibility index (Phi) is 11.1. The summed E-state index contributed by atoms with van der Waals surface area (Å²) in [5, 5.41) is 19.5. The van der Waals surface area contributed by atoms with Crippen molar-refractivity contribution in [2.24, 2.45) is 23.7 Å². The van der Waals surface area contributed by atoms with E-state index in [1.165, 1.54) is 18.9 Å². The highest BCUT2D eigenvalue weighted by Gasteiger charge is 2.25. The second kappa shape index (κ2) is 12.8. The summed E-state index contributed by atoms with van der Waals surface area (Å²) in [4.78, 5) is 23.8. The Morgan fingerprint density at radius 3 is 1.70 bits per heavy atom. The molecule has 0 saturated heterocycles. The zero-order valence-electron chi connectivity index (χ0n) is 19.8. The minimum absolute atomic E-state index is 0.0104. The lowest BCUT2D eigenvalue weighted by Gasteiger charge is -2.23. The van der Waals surface area contributed by atoms with E-state index in [9.17, 15) is 19.8 Å². The first-order valence-corrected chi connectivity index (χ1v) is 11.7. The Morgan fingerprint density at radius 2 is 1.27 bits per heavy atom. The van der Waals surface area contributed by atoms with Crippen LogP contribution in [0, 0.1) is 23.7 Å². The molecule has 0 heterocycles. The molecule has 0 saturated carbocycles. The third kappa shape index (κ3) is 8.12. The number of hydrogen-bond acceptors (Lipinski definition) is 2. The van der Waals surface area contributed by atoms with Crippen LogP contribution in [0.1, 0.15) is 112 Å². The summed E-state index contributed by atoms with van der Waals surface area (Å²) in [6, 6.07) is 3.34. The monoisotopic (exact) mass is 418 g/mol. The van der Waals surface area contributed by atoms with Crippen molar-refractivity contribution in [1.82, 2.24) is 0 Å². The third-order valence-corrected chi connectivity index (χ3v) is 6.15. The normalized spacial score (nSPS) is 15.4. The number of benzene rings is 1. The van der Waals surface area contributed by atoms with Crippen molar-refractivity contribution in [3.05, 3.63) is 34.4 Å². The van der Waals surface area contributed by atoms with Gasteiger partial charge in [-0.1, -0.05) is 73.3 Å².